The average molecular weight is 529 g/mol. The molecular formula is C33H56O3Si. The summed E-state index contributed by atoms with van der Waals surface area (Å²) < 4.78 is 19.9. The van der Waals surface area contributed by atoms with Gasteiger partial charge in [-0.15, -0.1) is 19.7 Å². The molecule has 0 N–H and O–H groups in total. The lowest BCUT2D eigenvalue weighted by atomic mass is 10.0. The maximum Gasteiger partial charge on any atom is 0.193 e. The Morgan fingerprint density at radius 3 is 1.76 bits per heavy atom. The van der Waals surface area contributed by atoms with Crippen molar-refractivity contribution >= 4 is 8.32 Å². The van der Waals surface area contributed by atoms with E-state index in [-0.39, 0.29) is 24.4 Å². The molecule has 1 rings (SSSR count). The molecule has 0 unspecified atom stereocenters. The van der Waals surface area contributed by atoms with Crippen LogP contribution in [0, 0.1) is 0 Å². The first-order chi connectivity index (χ1) is 18.0. The van der Waals surface area contributed by atoms with E-state index >= 15 is 0 Å². The maximum absolute atomic E-state index is 6.78. The second-order valence-electron chi connectivity index (χ2n) is 10.2. The van der Waals surface area contributed by atoms with Gasteiger partial charge in [0.1, 0.15) is 12.2 Å². The maximum atomic E-state index is 6.78. The molecule has 1 aromatic carbocycles. The highest BCUT2D eigenvalue weighted by Crippen LogP contribution is 2.27. The molecule has 4 heteroatoms. The molecule has 0 aliphatic rings. The van der Waals surface area contributed by atoms with Crippen LogP contribution < -0.4 is 0 Å². The van der Waals surface area contributed by atoms with E-state index in [1.54, 1.807) is 0 Å². The van der Waals surface area contributed by atoms with Gasteiger partial charge < -0.3 is 13.9 Å². The molecule has 0 aliphatic heterocycles. The number of hydrogen-bond donors (Lipinski definition) is 0. The van der Waals surface area contributed by atoms with Gasteiger partial charge in [0.2, 0.25) is 0 Å². The summed E-state index contributed by atoms with van der Waals surface area (Å²) in [6.07, 6.45) is 16.1. The van der Waals surface area contributed by atoms with Crippen LogP contribution >= 0.6 is 0 Å². The van der Waals surface area contributed by atoms with Crippen LogP contribution in [0.4, 0.5) is 0 Å². The van der Waals surface area contributed by atoms with E-state index in [1.807, 2.05) is 36.4 Å². The molecule has 0 saturated heterocycles. The Balaban J connectivity index is 2.90. The number of rotatable bonds is 24. The number of ether oxygens (including phenoxy) is 2. The summed E-state index contributed by atoms with van der Waals surface area (Å²) in [5.41, 5.74) is 1.15. The molecule has 4 atom stereocenters. The zero-order valence-corrected chi connectivity index (χ0v) is 25.5. The van der Waals surface area contributed by atoms with E-state index in [0.29, 0.717) is 6.61 Å². The van der Waals surface area contributed by atoms with Gasteiger partial charge in [-0.2, -0.15) is 0 Å². The van der Waals surface area contributed by atoms with Gasteiger partial charge in [0.15, 0.2) is 8.32 Å². The van der Waals surface area contributed by atoms with E-state index in [1.165, 1.54) is 44.9 Å². The lowest BCUT2D eigenvalue weighted by Gasteiger charge is -2.37. The standard InChI is InChI=1S/C33H56O3Si/c1-8-15-16-17-18-19-20-24-27-33(30(9-2)34-28-29-25-22-21-23-26-29)35-31(10-3)32(11-4)36-37(12-5,13-6)14-7/h9-11,21-23,25-26,30-33H,2-4,8,12-20,24,27-28H2,1,5-7H3/t30-,31+,32+,33+/m1/s1. The van der Waals surface area contributed by atoms with Crippen LogP contribution in [0.15, 0.2) is 68.3 Å². The predicted octanol–water partition coefficient (Wildman–Crippen LogP) is 9.80. The van der Waals surface area contributed by atoms with Gasteiger partial charge in [0.05, 0.1) is 18.8 Å². The topological polar surface area (TPSA) is 27.7 Å². The molecule has 0 saturated carbocycles. The molecule has 0 fully saturated rings. The predicted molar refractivity (Wildman–Crippen MR) is 164 cm³/mol. The lowest BCUT2D eigenvalue weighted by Crippen LogP contribution is -2.45. The van der Waals surface area contributed by atoms with Crippen molar-refractivity contribution in [3.63, 3.8) is 0 Å². The van der Waals surface area contributed by atoms with Crippen LogP contribution in [0.25, 0.3) is 0 Å². The highest BCUT2D eigenvalue weighted by atomic mass is 28.4. The minimum atomic E-state index is -1.83. The molecule has 0 amide bonds. The first kappa shape index (κ1) is 33.6. The summed E-state index contributed by atoms with van der Waals surface area (Å²) >= 11 is 0. The van der Waals surface area contributed by atoms with Gasteiger partial charge in [0.25, 0.3) is 0 Å². The SMILES string of the molecule is C=C[C@H](O[C@@H](CCCCCCCCCC)[C@@H](C=C)OCc1ccccc1)[C@H](C=C)O[Si](CC)(CC)CC. The quantitative estimate of drug-likeness (QED) is 0.0759. The molecule has 3 nitrogen and oxygen atoms in total. The van der Waals surface area contributed by atoms with Crippen molar-refractivity contribution in [1.82, 2.24) is 0 Å². The van der Waals surface area contributed by atoms with Crippen molar-refractivity contribution in [1.29, 1.82) is 0 Å². The molecule has 210 valence electrons. The fourth-order valence-corrected chi connectivity index (χ4v) is 7.70. The van der Waals surface area contributed by atoms with Crippen molar-refractivity contribution in [3.8, 4) is 0 Å². The third-order valence-electron chi connectivity index (χ3n) is 7.67. The number of hydrogen-bond acceptors (Lipinski definition) is 3. The Morgan fingerprint density at radius 2 is 1.24 bits per heavy atom. The molecular weight excluding hydrogens is 472 g/mol. The van der Waals surface area contributed by atoms with Gasteiger partial charge in [-0.25, -0.2) is 0 Å². The normalized spacial score (nSPS) is 15.0. The fraction of sp³-hybridized carbons (Fsp3) is 0.636. The summed E-state index contributed by atoms with van der Waals surface area (Å²) in [4.78, 5) is 0. The first-order valence-corrected chi connectivity index (χ1v) is 17.4. The average Bonchev–Trinajstić information content (AvgIpc) is 2.94. The Morgan fingerprint density at radius 1 is 0.703 bits per heavy atom. The summed E-state index contributed by atoms with van der Waals surface area (Å²) in [6.45, 7) is 21.9. The van der Waals surface area contributed by atoms with E-state index in [9.17, 15) is 0 Å². The molecule has 0 radical (unpaired) electrons. The van der Waals surface area contributed by atoms with E-state index in [2.05, 4.69) is 59.6 Å². The Bertz CT molecular complexity index is 707. The highest BCUT2D eigenvalue weighted by molar-refractivity contribution is 6.73. The largest absolute Gasteiger partial charge is 0.408 e. The monoisotopic (exact) mass is 528 g/mol. The molecule has 0 heterocycles. The van der Waals surface area contributed by atoms with E-state index in [4.69, 9.17) is 13.9 Å². The van der Waals surface area contributed by atoms with Crippen molar-refractivity contribution in [2.75, 3.05) is 0 Å². The van der Waals surface area contributed by atoms with Gasteiger partial charge in [-0.1, -0.05) is 128 Å². The molecule has 0 bridgehead atoms. The van der Waals surface area contributed by atoms with Crippen molar-refractivity contribution < 1.29 is 13.9 Å². The second-order valence-corrected chi connectivity index (χ2v) is 14.9. The minimum absolute atomic E-state index is 0.115. The minimum Gasteiger partial charge on any atom is -0.408 e. The van der Waals surface area contributed by atoms with Gasteiger partial charge in [0, 0.05) is 0 Å². The number of benzene rings is 1. The van der Waals surface area contributed by atoms with E-state index in [0.717, 1.165) is 36.5 Å². The number of unbranched alkanes of at least 4 members (excludes halogenated alkanes) is 7. The van der Waals surface area contributed by atoms with Gasteiger partial charge in [-0.3, -0.25) is 0 Å². The van der Waals surface area contributed by atoms with Crippen LogP contribution in [0.3, 0.4) is 0 Å². The smallest absolute Gasteiger partial charge is 0.193 e. The Kier molecular flexibility index (Phi) is 18.6. The molecule has 1 aromatic rings. The highest BCUT2D eigenvalue weighted by Gasteiger charge is 2.35. The Hall–Kier alpha value is -1.46. The second kappa shape index (κ2) is 20.5. The summed E-state index contributed by atoms with van der Waals surface area (Å²) in [5, 5.41) is 0. The van der Waals surface area contributed by atoms with Crippen LogP contribution in [0.1, 0.15) is 91.0 Å². The van der Waals surface area contributed by atoms with Crippen molar-refractivity contribution in [3.05, 3.63) is 73.9 Å². The van der Waals surface area contributed by atoms with Crippen LogP contribution in [-0.4, -0.2) is 32.7 Å². The summed E-state index contributed by atoms with van der Waals surface area (Å²) in [5.74, 6) is 0. The summed E-state index contributed by atoms with van der Waals surface area (Å²) in [7, 11) is -1.83. The van der Waals surface area contributed by atoms with Gasteiger partial charge >= 0.3 is 0 Å². The zero-order valence-electron chi connectivity index (χ0n) is 24.5. The molecule has 37 heavy (non-hydrogen) atoms. The first-order valence-electron chi connectivity index (χ1n) is 14.9. The van der Waals surface area contributed by atoms with E-state index < -0.39 is 8.32 Å². The zero-order chi connectivity index (χ0) is 27.4. The third-order valence-corrected chi connectivity index (χ3v) is 12.3. The molecule has 0 aromatic heterocycles. The molecule has 0 aliphatic carbocycles. The molecule has 0 spiro atoms. The fourth-order valence-electron chi connectivity index (χ4n) is 4.89. The van der Waals surface area contributed by atoms with Crippen LogP contribution in [0.5, 0.6) is 0 Å². The van der Waals surface area contributed by atoms with Crippen LogP contribution in [-0.2, 0) is 20.5 Å². The lowest BCUT2D eigenvalue weighted by molar-refractivity contribution is -0.0991. The van der Waals surface area contributed by atoms with Crippen molar-refractivity contribution in [2.45, 2.75) is 135 Å². The third kappa shape index (κ3) is 12.8. The van der Waals surface area contributed by atoms with Crippen LogP contribution in [0.2, 0.25) is 18.1 Å². The van der Waals surface area contributed by atoms with Gasteiger partial charge in [-0.05, 0) is 30.1 Å². The summed E-state index contributed by atoms with van der Waals surface area (Å²) in [6, 6.07) is 13.6. The van der Waals surface area contributed by atoms with Crippen molar-refractivity contribution in [2.24, 2.45) is 0 Å². The Labute approximate surface area is 230 Å².